The summed E-state index contributed by atoms with van der Waals surface area (Å²) in [6.07, 6.45) is 3.90. The number of likely N-dealkylation sites (tertiary alicyclic amines) is 1. The van der Waals surface area contributed by atoms with E-state index in [-0.39, 0.29) is 50.6 Å². The number of hydrogen-bond acceptors (Lipinski definition) is 9. The number of carbonyl (C=O) groups is 8. The number of unbranched alkanes of at least 4 members (excludes halogenated alkanes) is 2. The molecule has 0 saturated carbocycles. The first-order chi connectivity index (χ1) is 28.4. The molecule has 2 aromatic carbocycles. The van der Waals surface area contributed by atoms with E-state index in [2.05, 4.69) is 52.5 Å². The van der Waals surface area contributed by atoms with E-state index in [0.717, 1.165) is 30.4 Å². The Morgan fingerprint density at radius 1 is 0.833 bits per heavy atom. The van der Waals surface area contributed by atoms with Crippen molar-refractivity contribution in [2.75, 3.05) is 19.6 Å². The van der Waals surface area contributed by atoms with Crippen molar-refractivity contribution < 1.29 is 48.2 Å². The van der Waals surface area contributed by atoms with Gasteiger partial charge in [0.25, 0.3) is 5.91 Å². The minimum atomic E-state index is -1.43. The van der Waals surface area contributed by atoms with Gasteiger partial charge < -0.3 is 36.0 Å². The number of aryl methyl sites for hydroxylation is 1. The molecule has 15 nitrogen and oxygen atoms in total. The Hall–Kier alpha value is -5.60. The number of Topliss-reactive ketones (excluding diaryl/α,β-unsaturated/α-hetero) is 2. The second kappa shape index (κ2) is 23.9. The highest BCUT2D eigenvalue weighted by Crippen LogP contribution is 2.24. The molecule has 1 fully saturated rings. The highest BCUT2D eigenvalue weighted by molar-refractivity contribution is 5.97. The monoisotopic (exact) mass is 833 g/mol. The number of nitrogens with zero attached hydrogens (tertiary/aromatic N) is 1. The lowest BCUT2D eigenvalue weighted by Crippen LogP contribution is -2.52. The topological polar surface area (TPSA) is 217 Å². The molecule has 5 N–H and O–H groups in total. The molecular formula is C45H63N5O10. The summed E-state index contributed by atoms with van der Waals surface area (Å²) in [4.78, 5) is 103. The highest BCUT2D eigenvalue weighted by Gasteiger charge is 2.38. The zero-order valence-electron chi connectivity index (χ0n) is 35.9. The van der Waals surface area contributed by atoms with Gasteiger partial charge in [0, 0.05) is 50.4 Å². The molecule has 4 atom stereocenters. The fourth-order valence-corrected chi connectivity index (χ4v) is 6.85. The maximum Gasteiger partial charge on any atom is 0.407 e. The summed E-state index contributed by atoms with van der Waals surface area (Å²) in [5.74, 6) is -5.11. The molecule has 1 saturated heterocycles. The highest BCUT2D eigenvalue weighted by atomic mass is 16.6. The average molecular weight is 834 g/mol. The second-order valence-corrected chi connectivity index (χ2v) is 16.5. The van der Waals surface area contributed by atoms with Crippen molar-refractivity contribution in [1.82, 2.24) is 26.2 Å². The third-order valence-electron chi connectivity index (χ3n) is 10.1. The number of ketones is 2. The normalized spacial score (nSPS) is 15.2. The zero-order chi connectivity index (χ0) is 44.4. The van der Waals surface area contributed by atoms with Crippen LogP contribution in [0.4, 0.5) is 4.79 Å². The molecule has 0 radical (unpaired) electrons. The maximum atomic E-state index is 14.0. The lowest BCUT2D eigenvalue weighted by molar-refractivity contribution is -0.144. The zero-order valence-corrected chi connectivity index (χ0v) is 35.9. The number of amides is 5. The molecule has 0 aromatic heterocycles. The summed E-state index contributed by atoms with van der Waals surface area (Å²) in [5.41, 5.74) is 3.06. The number of carboxylic acid groups (broad SMARTS) is 1. The van der Waals surface area contributed by atoms with Crippen LogP contribution >= 0.6 is 0 Å². The van der Waals surface area contributed by atoms with Crippen LogP contribution in [0.25, 0.3) is 11.1 Å². The Bertz CT molecular complexity index is 1810. The van der Waals surface area contributed by atoms with Crippen LogP contribution in [0.15, 0.2) is 48.5 Å². The predicted octanol–water partition coefficient (Wildman–Crippen LogP) is 5.13. The second-order valence-electron chi connectivity index (χ2n) is 16.5. The summed E-state index contributed by atoms with van der Waals surface area (Å²) in [7, 11) is 0. The standard InChI is InChI=1S/C45H63N5O10/c1-7-8-12-31-15-17-32(18-16-31)33-19-21-34(22-20-33)41(55)46-25-23-39(53)48-35(13-9-10-24-47-44(59)60-45(4,5)6)42(56)50-26-11-14-37(50)38(52)27-29(2)40(54)49-36(43(57)58)28-30(3)51/h15-22,29,35-37H,7-14,23-28H2,1-6H3,(H,46,55)(H,47,59)(H,48,53)(H,49,54)(H,57,58)/t29-,35+,36+,37+/m1/s1. The van der Waals surface area contributed by atoms with Gasteiger partial charge in [0.15, 0.2) is 5.78 Å². The molecule has 328 valence electrons. The summed E-state index contributed by atoms with van der Waals surface area (Å²) >= 11 is 0. The van der Waals surface area contributed by atoms with Gasteiger partial charge in [-0.15, -0.1) is 0 Å². The quantitative estimate of drug-likeness (QED) is 0.0930. The van der Waals surface area contributed by atoms with Crippen molar-refractivity contribution >= 4 is 47.3 Å². The van der Waals surface area contributed by atoms with E-state index in [1.807, 2.05) is 12.1 Å². The number of hydrogen-bond donors (Lipinski definition) is 5. The van der Waals surface area contributed by atoms with Gasteiger partial charge in [-0.2, -0.15) is 0 Å². The molecule has 1 heterocycles. The lowest BCUT2D eigenvalue weighted by atomic mass is 9.97. The SMILES string of the molecule is CCCCc1ccc(-c2ccc(C(=O)NCCC(=O)N[C@@H](CCCCNC(=O)OC(C)(C)C)C(=O)N3CCC[C@H]3C(=O)C[C@@H](C)C(=O)N[C@@H](CC(C)=O)C(=O)O)cc2)cc1. The Kier molecular flexibility index (Phi) is 19.4. The third kappa shape index (κ3) is 16.6. The molecule has 3 rings (SSSR count). The number of ether oxygens (including phenoxy) is 1. The molecule has 0 bridgehead atoms. The van der Waals surface area contributed by atoms with Gasteiger partial charge >= 0.3 is 12.1 Å². The molecule has 5 amide bonds. The van der Waals surface area contributed by atoms with Crippen LogP contribution < -0.4 is 21.3 Å². The van der Waals surface area contributed by atoms with Crippen LogP contribution in [0.5, 0.6) is 0 Å². The van der Waals surface area contributed by atoms with Crippen molar-refractivity contribution in [2.45, 2.75) is 136 Å². The van der Waals surface area contributed by atoms with E-state index >= 15 is 0 Å². The molecule has 2 aromatic rings. The number of benzene rings is 2. The minimum Gasteiger partial charge on any atom is -0.480 e. The van der Waals surface area contributed by atoms with E-state index < -0.39 is 71.6 Å². The van der Waals surface area contributed by atoms with Gasteiger partial charge in [-0.3, -0.25) is 28.8 Å². The molecule has 1 aliphatic heterocycles. The van der Waals surface area contributed by atoms with Gasteiger partial charge in [-0.1, -0.05) is 56.7 Å². The Morgan fingerprint density at radius 3 is 2.08 bits per heavy atom. The molecule has 0 aliphatic carbocycles. The van der Waals surface area contributed by atoms with Gasteiger partial charge in [-0.25, -0.2) is 9.59 Å². The largest absolute Gasteiger partial charge is 0.480 e. The van der Waals surface area contributed by atoms with E-state index in [1.54, 1.807) is 32.9 Å². The lowest BCUT2D eigenvalue weighted by Gasteiger charge is -2.29. The molecule has 0 spiro atoms. The Balaban J connectivity index is 1.61. The number of aliphatic carboxylic acids is 1. The van der Waals surface area contributed by atoms with Gasteiger partial charge in [0.05, 0.1) is 6.04 Å². The van der Waals surface area contributed by atoms with Gasteiger partial charge in [-0.05, 0) is 101 Å². The molecule has 1 aliphatic rings. The summed E-state index contributed by atoms with van der Waals surface area (Å²) in [6.45, 7) is 10.6. The molecular weight excluding hydrogens is 771 g/mol. The van der Waals surface area contributed by atoms with Crippen LogP contribution in [0, 0.1) is 5.92 Å². The van der Waals surface area contributed by atoms with E-state index in [1.165, 1.54) is 24.3 Å². The average Bonchev–Trinajstić information content (AvgIpc) is 3.69. The minimum absolute atomic E-state index is 0.00624. The van der Waals surface area contributed by atoms with E-state index in [4.69, 9.17) is 4.74 Å². The Labute approximate surface area is 353 Å². The summed E-state index contributed by atoms with van der Waals surface area (Å²) in [6, 6.07) is 12.3. The van der Waals surface area contributed by atoms with Crippen LogP contribution in [-0.2, 0) is 39.9 Å². The van der Waals surface area contributed by atoms with Crippen LogP contribution in [0.1, 0.15) is 122 Å². The first kappa shape index (κ1) is 48.8. The third-order valence-corrected chi connectivity index (χ3v) is 10.1. The van der Waals surface area contributed by atoms with Crippen molar-refractivity contribution in [3.05, 3.63) is 59.7 Å². The number of carbonyl (C=O) groups excluding carboxylic acids is 7. The van der Waals surface area contributed by atoms with Crippen LogP contribution in [0.3, 0.4) is 0 Å². The maximum absolute atomic E-state index is 14.0. The number of alkyl carbamates (subject to hydrolysis) is 1. The van der Waals surface area contributed by atoms with Crippen molar-refractivity contribution in [3.8, 4) is 11.1 Å². The Morgan fingerprint density at radius 2 is 1.48 bits per heavy atom. The van der Waals surface area contributed by atoms with Gasteiger partial charge in [0.2, 0.25) is 17.7 Å². The summed E-state index contributed by atoms with van der Waals surface area (Å²) in [5, 5.41) is 20.0. The fraction of sp³-hybridized carbons (Fsp3) is 0.556. The smallest absolute Gasteiger partial charge is 0.407 e. The predicted molar refractivity (Wildman–Crippen MR) is 226 cm³/mol. The molecule has 15 heteroatoms. The van der Waals surface area contributed by atoms with E-state index in [0.29, 0.717) is 31.2 Å². The molecule has 60 heavy (non-hydrogen) atoms. The number of nitrogens with one attached hydrogen (secondary N) is 4. The number of carboxylic acids is 1. The first-order valence-corrected chi connectivity index (χ1v) is 21.0. The van der Waals surface area contributed by atoms with Crippen molar-refractivity contribution in [2.24, 2.45) is 5.92 Å². The van der Waals surface area contributed by atoms with Crippen LogP contribution in [-0.4, -0.2) is 101 Å². The fourth-order valence-electron chi connectivity index (χ4n) is 6.85. The number of rotatable bonds is 23. The van der Waals surface area contributed by atoms with E-state index in [9.17, 15) is 43.5 Å². The van der Waals surface area contributed by atoms with Gasteiger partial charge in [0.1, 0.15) is 23.5 Å². The first-order valence-electron chi connectivity index (χ1n) is 21.0. The van der Waals surface area contributed by atoms with Crippen LogP contribution in [0.2, 0.25) is 0 Å². The molecule has 0 unspecified atom stereocenters. The summed E-state index contributed by atoms with van der Waals surface area (Å²) < 4.78 is 5.27. The van der Waals surface area contributed by atoms with Crippen molar-refractivity contribution in [3.63, 3.8) is 0 Å². The van der Waals surface area contributed by atoms with Crippen molar-refractivity contribution in [1.29, 1.82) is 0 Å².